The Morgan fingerprint density at radius 2 is 1.95 bits per heavy atom. The SMILES string of the molecule is Cc1c(Oc2ccc3c(c2)ncn3C)ccc(Nc2ncnc3ccc(C4CCC(C)(C)NC4)nc23)c1F. The van der Waals surface area contributed by atoms with Crippen LogP contribution in [0.5, 0.6) is 11.5 Å². The Bertz CT molecular complexity index is 1650. The molecule has 194 valence electrons. The lowest BCUT2D eigenvalue weighted by Crippen LogP contribution is -2.45. The minimum atomic E-state index is -0.414. The Morgan fingerprint density at radius 3 is 2.76 bits per heavy atom. The van der Waals surface area contributed by atoms with Gasteiger partial charge in [-0.25, -0.2) is 24.3 Å². The third kappa shape index (κ3) is 4.54. The zero-order valence-corrected chi connectivity index (χ0v) is 21.9. The molecule has 9 heteroatoms. The van der Waals surface area contributed by atoms with E-state index in [9.17, 15) is 0 Å². The number of imidazole rings is 1. The summed E-state index contributed by atoms with van der Waals surface area (Å²) in [6.07, 6.45) is 5.34. The fourth-order valence-electron chi connectivity index (χ4n) is 4.96. The molecule has 2 aromatic carbocycles. The highest BCUT2D eigenvalue weighted by atomic mass is 19.1. The van der Waals surface area contributed by atoms with Gasteiger partial charge >= 0.3 is 0 Å². The molecule has 1 aliphatic rings. The van der Waals surface area contributed by atoms with Crippen molar-refractivity contribution in [2.75, 3.05) is 11.9 Å². The molecule has 3 aromatic heterocycles. The average Bonchev–Trinajstić information content (AvgIpc) is 3.28. The first-order valence-corrected chi connectivity index (χ1v) is 12.8. The standard InChI is InChI=1S/C29H30FN7O/c1-17-25(38-19-5-9-24-23(13-19)33-16-37(24)4)10-8-21(26(17)30)36-28-27-22(31-15-32-28)7-6-20(35-27)18-11-12-29(2,3)34-14-18/h5-10,13,15-16,18,34H,11-12,14H2,1-4H3,(H,31,32,36). The zero-order chi connectivity index (χ0) is 26.4. The van der Waals surface area contributed by atoms with E-state index in [0.717, 1.165) is 36.1 Å². The molecular formula is C29H30FN7O. The number of nitrogens with one attached hydrogen (secondary N) is 2. The van der Waals surface area contributed by atoms with Gasteiger partial charge in [0.05, 0.1) is 28.6 Å². The van der Waals surface area contributed by atoms with Gasteiger partial charge in [-0.2, -0.15) is 0 Å². The fourth-order valence-corrected chi connectivity index (χ4v) is 4.96. The van der Waals surface area contributed by atoms with Crippen LogP contribution in [0.1, 0.15) is 43.9 Å². The summed E-state index contributed by atoms with van der Waals surface area (Å²) >= 11 is 0. The maximum absolute atomic E-state index is 15.5. The van der Waals surface area contributed by atoms with E-state index in [0.29, 0.717) is 45.5 Å². The van der Waals surface area contributed by atoms with Gasteiger partial charge in [0, 0.05) is 42.4 Å². The highest BCUT2D eigenvalue weighted by Crippen LogP contribution is 2.34. The Labute approximate surface area is 220 Å². The van der Waals surface area contributed by atoms with Gasteiger partial charge in [0.1, 0.15) is 23.3 Å². The molecule has 0 aliphatic carbocycles. The minimum Gasteiger partial charge on any atom is -0.457 e. The van der Waals surface area contributed by atoms with Crippen molar-refractivity contribution in [2.24, 2.45) is 7.05 Å². The molecule has 0 amide bonds. The van der Waals surface area contributed by atoms with Gasteiger partial charge in [-0.05, 0) is 70.0 Å². The first-order chi connectivity index (χ1) is 18.3. The van der Waals surface area contributed by atoms with Crippen LogP contribution in [-0.4, -0.2) is 36.6 Å². The Kier molecular flexibility index (Phi) is 5.95. The highest BCUT2D eigenvalue weighted by molar-refractivity contribution is 5.87. The molecule has 1 unspecified atom stereocenters. The van der Waals surface area contributed by atoms with Crippen LogP contribution in [0.15, 0.2) is 55.1 Å². The molecule has 0 saturated carbocycles. The highest BCUT2D eigenvalue weighted by Gasteiger charge is 2.28. The van der Waals surface area contributed by atoms with Gasteiger partial charge in [-0.3, -0.25) is 0 Å². The third-order valence-electron chi connectivity index (χ3n) is 7.38. The molecule has 4 heterocycles. The lowest BCUT2D eigenvalue weighted by molar-refractivity contribution is 0.278. The fraction of sp³-hybridized carbons (Fsp3) is 0.310. The van der Waals surface area contributed by atoms with Crippen molar-refractivity contribution in [2.45, 2.75) is 45.1 Å². The van der Waals surface area contributed by atoms with E-state index in [1.54, 1.807) is 25.4 Å². The van der Waals surface area contributed by atoms with Gasteiger partial charge in [-0.1, -0.05) is 0 Å². The molecule has 2 N–H and O–H groups in total. The number of hydrogen-bond donors (Lipinski definition) is 2. The number of pyridine rings is 1. The van der Waals surface area contributed by atoms with E-state index in [4.69, 9.17) is 9.72 Å². The number of benzene rings is 2. The van der Waals surface area contributed by atoms with Crippen molar-refractivity contribution < 1.29 is 9.13 Å². The number of rotatable bonds is 5. The minimum absolute atomic E-state index is 0.139. The second kappa shape index (κ2) is 9.33. The van der Waals surface area contributed by atoms with Crippen molar-refractivity contribution in [3.05, 3.63) is 72.2 Å². The van der Waals surface area contributed by atoms with Gasteiger partial charge < -0.3 is 19.9 Å². The summed E-state index contributed by atoms with van der Waals surface area (Å²) in [6.45, 7) is 7.00. The Balaban J connectivity index is 1.26. The molecule has 5 aromatic rings. The van der Waals surface area contributed by atoms with Crippen molar-refractivity contribution in [3.8, 4) is 11.5 Å². The van der Waals surface area contributed by atoms with Crippen LogP contribution >= 0.6 is 0 Å². The number of aromatic nitrogens is 5. The first kappa shape index (κ1) is 24.2. The van der Waals surface area contributed by atoms with Gasteiger partial charge in [0.2, 0.25) is 0 Å². The molecule has 1 atom stereocenters. The van der Waals surface area contributed by atoms with Crippen molar-refractivity contribution >= 4 is 33.6 Å². The first-order valence-electron chi connectivity index (χ1n) is 12.8. The maximum Gasteiger partial charge on any atom is 0.160 e. The van der Waals surface area contributed by atoms with Gasteiger partial charge in [0.15, 0.2) is 11.6 Å². The quantitative estimate of drug-likeness (QED) is 0.293. The molecule has 0 spiro atoms. The van der Waals surface area contributed by atoms with Crippen LogP contribution in [0, 0.1) is 12.7 Å². The number of aryl methyl sites for hydroxylation is 1. The average molecular weight is 512 g/mol. The van der Waals surface area contributed by atoms with E-state index in [1.165, 1.54) is 6.33 Å². The molecule has 8 nitrogen and oxygen atoms in total. The predicted molar refractivity (Wildman–Crippen MR) is 147 cm³/mol. The molecule has 1 aliphatic heterocycles. The molecular weight excluding hydrogens is 481 g/mol. The number of anilines is 2. The van der Waals surface area contributed by atoms with Crippen LogP contribution in [0.25, 0.3) is 22.1 Å². The molecule has 1 saturated heterocycles. The van der Waals surface area contributed by atoms with Gasteiger partial charge in [0.25, 0.3) is 0 Å². The van der Waals surface area contributed by atoms with Crippen LogP contribution in [0.2, 0.25) is 0 Å². The normalized spacial score (nSPS) is 17.1. The third-order valence-corrected chi connectivity index (χ3v) is 7.38. The summed E-state index contributed by atoms with van der Waals surface area (Å²) in [4.78, 5) is 18.0. The Morgan fingerprint density at radius 1 is 1.08 bits per heavy atom. The summed E-state index contributed by atoms with van der Waals surface area (Å²) in [7, 11) is 1.94. The number of ether oxygens (including phenoxy) is 1. The van der Waals surface area contributed by atoms with Crippen molar-refractivity contribution in [1.82, 2.24) is 29.8 Å². The van der Waals surface area contributed by atoms with E-state index < -0.39 is 5.82 Å². The lowest BCUT2D eigenvalue weighted by Gasteiger charge is -2.35. The summed E-state index contributed by atoms with van der Waals surface area (Å²) in [5.74, 6) is 1.39. The van der Waals surface area contributed by atoms with E-state index in [2.05, 4.69) is 39.4 Å². The summed E-state index contributed by atoms with van der Waals surface area (Å²) in [5.41, 5.74) is 4.95. The molecule has 0 radical (unpaired) electrons. The molecule has 38 heavy (non-hydrogen) atoms. The molecule has 6 rings (SSSR count). The molecule has 0 bridgehead atoms. The van der Waals surface area contributed by atoms with Crippen LogP contribution < -0.4 is 15.4 Å². The van der Waals surface area contributed by atoms with E-state index in [-0.39, 0.29) is 5.54 Å². The monoisotopic (exact) mass is 511 g/mol. The number of piperidine rings is 1. The second-order valence-electron chi connectivity index (χ2n) is 10.6. The van der Waals surface area contributed by atoms with Crippen LogP contribution in [0.4, 0.5) is 15.9 Å². The topological polar surface area (TPSA) is 89.8 Å². The van der Waals surface area contributed by atoms with Gasteiger partial charge in [-0.15, -0.1) is 0 Å². The zero-order valence-electron chi connectivity index (χ0n) is 21.9. The predicted octanol–water partition coefficient (Wildman–Crippen LogP) is 6.14. The largest absolute Gasteiger partial charge is 0.457 e. The van der Waals surface area contributed by atoms with E-state index >= 15 is 4.39 Å². The maximum atomic E-state index is 15.5. The van der Waals surface area contributed by atoms with Crippen molar-refractivity contribution in [1.29, 1.82) is 0 Å². The lowest BCUT2D eigenvalue weighted by atomic mass is 9.85. The summed E-state index contributed by atoms with van der Waals surface area (Å²) < 4.78 is 23.5. The summed E-state index contributed by atoms with van der Waals surface area (Å²) in [5, 5.41) is 6.75. The van der Waals surface area contributed by atoms with E-state index in [1.807, 2.05) is 41.9 Å². The number of halogens is 1. The van der Waals surface area contributed by atoms with Crippen LogP contribution in [0.3, 0.4) is 0 Å². The van der Waals surface area contributed by atoms with Crippen LogP contribution in [-0.2, 0) is 7.05 Å². The molecule has 1 fully saturated rings. The number of hydrogen-bond acceptors (Lipinski definition) is 7. The Hall–Kier alpha value is -4.11. The summed E-state index contributed by atoms with van der Waals surface area (Å²) in [6, 6.07) is 13.0. The number of nitrogens with zero attached hydrogens (tertiary/aromatic N) is 5. The smallest absolute Gasteiger partial charge is 0.160 e. The second-order valence-corrected chi connectivity index (χ2v) is 10.6. The number of fused-ring (bicyclic) bond motifs is 2. The van der Waals surface area contributed by atoms with Crippen molar-refractivity contribution in [3.63, 3.8) is 0 Å².